The largest absolute Gasteiger partial charge is 0.479 e. The Morgan fingerprint density at radius 1 is 1.43 bits per heavy atom. The maximum atomic E-state index is 12.6. The summed E-state index contributed by atoms with van der Waals surface area (Å²) in [7, 11) is 1.64. The van der Waals surface area contributed by atoms with Gasteiger partial charge in [0.1, 0.15) is 0 Å². The van der Waals surface area contributed by atoms with Crippen molar-refractivity contribution in [3.8, 4) is 0 Å². The van der Waals surface area contributed by atoms with E-state index in [1.807, 2.05) is 11.4 Å². The molecule has 7 heteroatoms. The number of rotatable bonds is 2. The van der Waals surface area contributed by atoms with Crippen LogP contribution in [0.15, 0.2) is 11.4 Å². The second kappa shape index (κ2) is 5.65. The number of carboxylic acid groups (broad SMARTS) is 1. The van der Waals surface area contributed by atoms with Gasteiger partial charge in [-0.1, -0.05) is 0 Å². The van der Waals surface area contributed by atoms with E-state index < -0.39 is 12.0 Å². The summed E-state index contributed by atoms with van der Waals surface area (Å²) >= 11 is 1.56. The van der Waals surface area contributed by atoms with Gasteiger partial charge in [-0.3, -0.25) is 0 Å². The molecule has 2 aliphatic rings. The van der Waals surface area contributed by atoms with Gasteiger partial charge in [0.15, 0.2) is 6.04 Å². The Balaban J connectivity index is 1.81. The van der Waals surface area contributed by atoms with Crippen molar-refractivity contribution in [3.63, 3.8) is 0 Å². The van der Waals surface area contributed by atoms with Crippen LogP contribution in [0.1, 0.15) is 22.9 Å². The van der Waals surface area contributed by atoms with E-state index in [4.69, 9.17) is 4.74 Å². The topological polar surface area (TPSA) is 70.1 Å². The fraction of sp³-hybridized carbons (Fsp3) is 0.571. The number of aliphatic carboxylic acids is 1. The van der Waals surface area contributed by atoms with Gasteiger partial charge in [-0.25, -0.2) is 9.59 Å². The molecular weight excluding hydrogens is 292 g/mol. The van der Waals surface area contributed by atoms with Crippen molar-refractivity contribution in [2.75, 3.05) is 26.7 Å². The van der Waals surface area contributed by atoms with Gasteiger partial charge >= 0.3 is 12.0 Å². The van der Waals surface area contributed by atoms with Crippen molar-refractivity contribution in [1.29, 1.82) is 0 Å². The molecule has 1 fully saturated rings. The summed E-state index contributed by atoms with van der Waals surface area (Å²) in [6.45, 7) is 1.61. The van der Waals surface area contributed by atoms with Crippen LogP contribution in [0.3, 0.4) is 0 Å². The molecule has 6 nitrogen and oxygen atoms in total. The van der Waals surface area contributed by atoms with Gasteiger partial charge in [-0.15, -0.1) is 11.3 Å². The number of amides is 2. The molecule has 2 amide bonds. The van der Waals surface area contributed by atoms with Gasteiger partial charge in [0, 0.05) is 31.6 Å². The van der Waals surface area contributed by atoms with Crippen molar-refractivity contribution in [1.82, 2.24) is 9.80 Å². The molecule has 21 heavy (non-hydrogen) atoms. The molecule has 1 N–H and O–H groups in total. The Bertz CT molecular complexity index is 559. The molecule has 1 aromatic heterocycles. The minimum Gasteiger partial charge on any atom is -0.479 e. The molecule has 0 saturated carbocycles. The third-order valence-corrected chi connectivity index (χ3v) is 5.19. The Labute approximate surface area is 126 Å². The highest BCUT2D eigenvalue weighted by atomic mass is 32.1. The van der Waals surface area contributed by atoms with Crippen molar-refractivity contribution >= 4 is 23.3 Å². The molecule has 3 rings (SSSR count). The fourth-order valence-electron chi connectivity index (χ4n) is 3.06. The number of nitrogens with zero attached hydrogens (tertiary/aromatic N) is 2. The number of hydrogen-bond donors (Lipinski definition) is 1. The summed E-state index contributed by atoms with van der Waals surface area (Å²) in [5.41, 5.74) is 0.759. The van der Waals surface area contributed by atoms with E-state index in [1.54, 1.807) is 23.3 Å². The van der Waals surface area contributed by atoms with Gasteiger partial charge in [0.2, 0.25) is 0 Å². The van der Waals surface area contributed by atoms with Crippen LogP contribution in [0.4, 0.5) is 4.79 Å². The lowest BCUT2D eigenvalue weighted by molar-refractivity contribution is -0.143. The van der Waals surface area contributed by atoms with Gasteiger partial charge in [-0.2, -0.15) is 0 Å². The van der Waals surface area contributed by atoms with E-state index in [9.17, 15) is 14.7 Å². The molecule has 0 bridgehead atoms. The summed E-state index contributed by atoms with van der Waals surface area (Å²) in [4.78, 5) is 28.5. The lowest BCUT2D eigenvalue weighted by atomic mass is 10.0. The molecule has 1 aromatic rings. The zero-order valence-corrected chi connectivity index (χ0v) is 12.6. The lowest BCUT2D eigenvalue weighted by Crippen LogP contribution is -2.49. The number of hydrogen-bond acceptors (Lipinski definition) is 4. The van der Waals surface area contributed by atoms with Crippen molar-refractivity contribution in [2.24, 2.45) is 0 Å². The number of likely N-dealkylation sites (tertiary alicyclic amines) is 1. The lowest BCUT2D eigenvalue weighted by Gasteiger charge is -2.35. The summed E-state index contributed by atoms with van der Waals surface area (Å²) in [6.07, 6.45) is 1.58. The van der Waals surface area contributed by atoms with E-state index in [0.717, 1.165) is 23.3 Å². The van der Waals surface area contributed by atoms with Crippen LogP contribution in [0, 0.1) is 0 Å². The average molecular weight is 310 g/mol. The highest BCUT2D eigenvalue weighted by molar-refractivity contribution is 7.10. The summed E-state index contributed by atoms with van der Waals surface area (Å²) in [5, 5.41) is 11.4. The van der Waals surface area contributed by atoms with Crippen molar-refractivity contribution in [3.05, 3.63) is 21.9 Å². The highest BCUT2D eigenvalue weighted by Gasteiger charge is 2.39. The molecular formula is C14H18N2O4S. The Kier molecular flexibility index (Phi) is 3.86. The SMILES string of the molecule is COC1CCN(C(=O)N2CCc3sccc3C2C(=O)O)C1. The smallest absolute Gasteiger partial charge is 0.331 e. The summed E-state index contributed by atoms with van der Waals surface area (Å²) in [6, 6.07) is 0.757. The molecule has 2 aliphatic heterocycles. The number of ether oxygens (including phenoxy) is 1. The number of carbonyl (C=O) groups is 2. The van der Waals surface area contributed by atoms with E-state index in [-0.39, 0.29) is 12.1 Å². The number of urea groups is 1. The normalized spacial score (nSPS) is 25.0. The number of fused-ring (bicyclic) bond motifs is 1. The molecule has 2 unspecified atom stereocenters. The number of carboxylic acids is 1. The Morgan fingerprint density at radius 2 is 2.24 bits per heavy atom. The second-order valence-electron chi connectivity index (χ2n) is 5.36. The zero-order chi connectivity index (χ0) is 15.0. The molecule has 3 heterocycles. The molecule has 1 saturated heterocycles. The first-order chi connectivity index (χ1) is 10.1. The maximum Gasteiger partial charge on any atom is 0.331 e. The minimum atomic E-state index is -0.967. The molecule has 2 atom stereocenters. The molecule has 0 aliphatic carbocycles. The molecule has 0 spiro atoms. The first-order valence-corrected chi connectivity index (χ1v) is 7.87. The van der Waals surface area contributed by atoms with E-state index in [2.05, 4.69) is 0 Å². The highest BCUT2D eigenvalue weighted by Crippen LogP contribution is 2.34. The first kappa shape index (κ1) is 14.3. The molecule has 114 valence electrons. The fourth-order valence-corrected chi connectivity index (χ4v) is 3.97. The Hall–Kier alpha value is -1.60. The predicted octanol–water partition coefficient (Wildman–Crippen LogP) is 1.57. The number of thiophene rings is 1. The van der Waals surface area contributed by atoms with Crippen molar-refractivity contribution in [2.45, 2.75) is 25.0 Å². The third kappa shape index (κ3) is 2.51. The van der Waals surface area contributed by atoms with Gasteiger partial charge in [0.05, 0.1) is 6.10 Å². The van der Waals surface area contributed by atoms with Crippen LogP contribution < -0.4 is 0 Å². The van der Waals surface area contributed by atoms with Gasteiger partial charge < -0.3 is 19.6 Å². The maximum absolute atomic E-state index is 12.6. The predicted molar refractivity (Wildman–Crippen MR) is 77.5 cm³/mol. The first-order valence-electron chi connectivity index (χ1n) is 6.99. The van der Waals surface area contributed by atoms with Gasteiger partial charge in [0.25, 0.3) is 0 Å². The number of carbonyl (C=O) groups excluding carboxylic acids is 1. The van der Waals surface area contributed by atoms with Crippen LogP contribution in [0.2, 0.25) is 0 Å². The second-order valence-corrected chi connectivity index (χ2v) is 6.36. The monoisotopic (exact) mass is 310 g/mol. The third-order valence-electron chi connectivity index (χ3n) is 4.19. The zero-order valence-electron chi connectivity index (χ0n) is 11.8. The quantitative estimate of drug-likeness (QED) is 0.900. The van der Waals surface area contributed by atoms with Crippen LogP contribution in [0.25, 0.3) is 0 Å². The van der Waals surface area contributed by atoms with Crippen LogP contribution >= 0.6 is 11.3 Å². The van der Waals surface area contributed by atoms with Crippen LogP contribution in [0.5, 0.6) is 0 Å². The molecule has 0 radical (unpaired) electrons. The van der Waals surface area contributed by atoms with Crippen molar-refractivity contribution < 1.29 is 19.4 Å². The average Bonchev–Trinajstić information content (AvgIpc) is 3.13. The van der Waals surface area contributed by atoms with E-state index in [1.165, 1.54) is 4.90 Å². The van der Waals surface area contributed by atoms with Crippen LogP contribution in [-0.4, -0.2) is 59.8 Å². The summed E-state index contributed by atoms with van der Waals surface area (Å²) < 4.78 is 5.27. The number of methoxy groups -OCH3 is 1. The van der Waals surface area contributed by atoms with E-state index in [0.29, 0.717) is 19.6 Å². The standard InChI is InChI=1S/C14H18N2O4S/c1-20-9-2-5-15(8-9)14(19)16-6-3-11-10(4-7-21-11)12(16)13(17)18/h4,7,9,12H,2-3,5-6,8H2,1H3,(H,17,18). The van der Waals surface area contributed by atoms with E-state index >= 15 is 0 Å². The van der Waals surface area contributed by atoms with Gasteiger partial charge in [-0.05, 0) is 29.9 Å². The van der Waals surface area contributed by atoms with Crippen LogP contribution in [-0.2, 0) is 16.0 Å². The summed E-state index contributed by atoms with van der Waals surface area (Å²) in [5.74, 6) is -0.967. The minimum absolute atomic E-state index is 0.0544. The molecule has 0 aromatic carbocycles. The Morgan fingerprint density at radius 3 is 2.90 bits per heavy atom.